The van der Waals surface area contributed by atoms with Crippen LogP contribution in [0, 0.1) is 5.92 Å². The van der Waals surface area contributed by atoms with Gasteiger partial charge in [-0.05, 0) is 41.8 Å². The van der Waals surface area contributed by atoms with E-state index in [1.807, 2.05) is 65.6 Å². The molecule has 156 valence electrons. The van der Waals surface area contributed by atoms with Crippen molar-refractivity contribution in [2.24, 2.45) is 5.92 Å². The summed E-state index contributed by atoms with van der Waals surface area (Å²) in [7, 11) is 0. The zero-order chi connectivity index (χ0) is 21.5. The molecule has 0 aliphatic carbocycles. The predicted octanol–water partition coefficient (Wildman–Crippen LogP) is 4.70. The quantitative estimate of drug-likeness (QED) is 0.333. The first-order valence-corrected chi connectivity index (χ1v) is 10.2. The molecule has 1 aliphatic rings. The van der Waals surface area contributed by atoms with Crippen LogP contribution >= 0.6 is 0 Å². The van der Waals surface area contributed by atoms with E-state index in [9.17, 15) is 9.59 Å². The van der Waals surface area contributed by atoms with E-state index < -0.39 is 5.97 Å². The molecule has 1 aliphatic heterocycles. The van der Waals surface area contributed by atoms with Crippen LogP contribution in [-0.2, 0) is 9.59 Å². The zero-order valence-electron chi connectivity index (χ0n) is 17.0. The summed E-state index contributed by atoms with van der Waals surface area (Å²) in [5.74, 6) is 0.112. The number of esters is 2. The Morgan fingerprint density at radius 1 is 0.774 bits per heavy atom. The second-order valence-corrected chi connectivity index (χ2v) is 7.34. The Balaban J connectivity index is 1.26. The number of benzene rings is 3. The topological polar surface area (TPSA) is 55.8 Å². The van der Waals surface area contributed by atoms with Crippen LogP contribution in [-0.4, -0.2) is 29.9 Å². The number of hydrogen-bond donors (Lipinski definition) is 0. The average Bonchev–Trinajstić information content (AvgIpc) is 3.29. The van der Waals surface area contributed by atoms with Gasteiger partial charge in [-0.15, -0.1) is 0 Å². The van der Waals surface area contributed by atoms with Crippen LogP contribution in [0.5, 0.6) is 11.5 Å². The number of ether oxygens (including phenoxy) is 2. The Labute approximate surface area is 181 Å². The van der Waals surface area contributed by atoms with Crippen molar-refractivity contribution >= 4 is 11.9 Å². The predicted molar refractivity (Wildman–Crippen MR) is 118 cm³/mol. The second kappa shape index (κ2) is 9.76. The zero-order valence-corrected chi connectivity index (χ0v) is 17.0. The van der Waals surface area contributed by atoms with Gasteiger partial charge in [-0.25, -0.2) is 4.79 Å². The van der Waals surface area contributed by atoms with Crippen LogP contribution in [0.15, 0.2) is 97.2 Å². The van der Waals surface area contributed by atoms with Crippen LogP contribution < -0.4 is 9.47 Å². The minimum absolute atomic E-state index is 0.216. The third kappa shape index (κ3) is 5.60. The van der Waals surface area contributed by atoms with Crippen molar-refractivity contribution < 1.29 is 19.1 Å². The molecule has 0 saturated carbocycles. The van der Waals surface area contributed by atoms with Gasteiger partial charge in [-0.3, -0.25) is 4.79 Å². The van der Waals surface area contributed by atoms with Crippen molar-refractivity contribution in [1.82, 2.24) is 4.90 Å². The van der Waals surface area contributed by atoms with E-state index in [0.29, 0.717) is 31.0 Å². The van der Waals surface area contributed by atoms with Crippen LogP contribution in [0.25, 0.3) is 11.1 Å². The SMILES string of the molecule is O=C(C=CN1CCC(C(=O)Oc2ccccc2)C1)Oc1ccc(-c2ccccc2)cc1. The monoisotopic (exact) mass is 413 g/mol. The molecule has 1 heterocycles. The van der Waals surface area contributed by atoms with Crippen LogP contribution in [0.1, 0.15) is 6.42 Å². The standard InChI is InChI=1S/C26H23NO4/c28-25(30-24-13-11-21(12-14-24)20-7-3-1-4-8-20)16-18-27-17-15-22(19-27)26(29)31-23-9-5-2-6-10-23/h1-14,16,18,22H,15,17,19H2. The molecule has 31 heavy (non-hydrogen) atoms. The summed E-state index contributed by atoms with van der Waals surface area (Å²) in [6.45, 7) is 1.20. The molecular weight excluding hydrogens is 390 g/mol. The molecule has 0 amide bonds. The summed E-state index contributed by atoms with van der Waals surface area (Å²) >= 11 is 0. The number of carbonyl (C=O) groups excluding carboxylic acids is 2. The molecule has 1 fully saturated rings. The molecule has 0 bridgehead atoms. The van der Waals surface area contributed by atoms with Crippen molar-refractivity contribution in [1.29, 1.82) is 0 Å². The Bertz CT molecular complexity index is 1050. The van der Waals surface area contributed by atoms with Gasteiger partial charge in [-0.1, -0.05) is 60.7 Å². The normalized spacial score (nSPS) is 15.7. The van der Waals surface area contributed by atoms with Gasteiger partial charge in [0.1, 0.15) is 11.5 Å². The first kappa shape index (κ1) is 20.4. The highest BCUT2D eigenvalue weighted by Crippen LogP contribution is 2.23. The first-order valence-electron chi connectivity index (χ1n) is 10.2. The molecular formula is C26H23NO4. The molecule has 1 saturated heterocycles. The fourth-order valence-corrected chi connectivity index (χ4v) is 3.47. The smallest absolute Gasteiger partial charge is 0.337 e. The van der Waals surface area contributed by atoms with E-state index in [1.54, 1.807) is 30.5 Å². The maximum atomic E-state index is 12.3. The number of para-hydroxylation sites is 1. The molecule has 3 aromatic carbocycles. The molecule has 3 aromatic rings. The van der Waals surface area contributed by atoms with Gasteiger partial charge in [-0.2, -0.15) is 0 Å². The van der Waals surface area contributed by atoms with Crippen molar-refractivity contribution in [3.63, 3.8) is 0 Å². The summed E-state index contributed by atoms with van der Waals surface area (Å²) in [6.07, 6.45) is 3.75. The Kier molecular flexibility index (Phi) is 6.43. The molecule has 1 unspecified atom stereocenters. The van der Waals surface area contributed by atoms with Crippen LogP contribution in [0.2, 0.25) is 0 Å². The van der Waals surface area contributed by atoms with Gasteiger partial charge in [0, 0.05) is 25.4 Å². The van der Waals surface area contributed by atoms with Gasteiger partial charge in [0.15, 0.2) is 0 Å². The van der Waals surface area contributed by atoms with E-state index in [-0.39, 0.29) is 11.9 Å². The maximum Gasteiger partial charge on any atom is 0.337 e. The summed E-state index contributed by atoms with van der Waals surface area (Å²) in [5.41, 5.74) is 2.16. The molecule has 0 spiro atoms. The molecule has 1 atom stereocenters. The molecule has 0 N–H and O–H groups in total. The van der Waals surface area contributed by atoms with E-state index in [1.165, 1.54) is 6.08 Å². The lowest BCUT2D eigenvalue weighted by atomic mass is 10.1. The third-order valence-electron chi connectivity index (χ3n) is 5.12. The van der Waals surface area contributed by atoms with Crippen LogP contribution in [0.3, 0.4) is 0 Å². The molecule has 0 aromatic heterocycles. The largest absolute Gasteiger partial charge is 0.426 e. The van der Waals surface area contributed by atoms with E-state index >= 15 is 0 Å². The molecule has 5 nitrogen and oxygen atoms in total. The highest BCUT2D eigenvalue weighted by Gasteiger charge is 2.28. The molecule has 4 rings (SSSR count). The number of hydrogen-bond acceptors (Lipinski definition) is 5. The van der Waals surface area contributed by atoms with E-state index in [2.05, 4.69) is 0 Å². The highest BCUT2D eigenvalue weighted by molar-refractivity contribution is 5.84. The Morgan fingerprint density at radius 2 is 1.39 bits per heavy atom. The second-order valence-electron chi connectivity index (χ2n) is 7.34. The Hall–Kier alpha value is -3.86. The highest BCUT2D eigenvalue weighted by atomic mass is 16.5. The number of likely N-dealkylation sites (tertiary alicyclic amines) is 1. The lowest BCUT2D eigenvalue weighted by Crippen LogP contribution is -2.23. The average molecular weight is 413 g/mol. The number of nitrogens with zero attached hydrogens (tertiary/aromatic N) is 1. The van der Waals surface area contributed by atoms with Crippen molar-refractivity contribution in [3.8, 4) is 22.6 Å². The number of rotatable bonds is 6. The minimum Gasteiger partial charge on any atom is -0.426 e. The van der Waals surface area contributed by atoms with Crippen molar-refractivity contribution in [2.75, 3.05) is 13.1 Å². The maximum absolute atomic E-state index is 12.3. The lowest BCUT2D eigenvalue weighted by Gasteiger charge is -2.12. The van der Waals surface area contributed by atoms with Gasteiger partial charge >= 0.3 is 11.9 Å². The summed E-state index contributed by atoms with van der Waals surface area (Å²) < 4.78 is 10.8. The van der Waals surface area contributed by atoms with Crippen LogP contribution in [0.4, 0.5) is 0 Å². The van der Waals surface area contributed by atoms with Gasteiger partial charge in [0.2, 0.25) is 0 Å². The minimum atomic E-state index is -0.456. The summed E-state index contributed by atoms with van der Waals surface area (Å²) in [5, 5.41) is 0. The summed E-state index contributed by atoms with van der Waals surface area (Å²) in [4.78, 5) is 26.4. The molecule has 0 radical (unpaired) electrons. The van der Waals surface area contributed by atoms with Crippen molar-refractivity contribution in [3.05, 3.63) is 97.2 Å². The van der Waals surface area contributed by atoms with Gasteiger partial charge in [0.05, 0.1) is 5.92 Å². The van der Waals surface area contributed by atoms with E-state index in [0.717, 1.165) is 11.1 Å². The van der Waals surface area contributed by atoms with E-state index in [4.69, 9.17) is 9.47 Å². The third-order valence-corrected chi connectivity index (χ3v) is 5.12. The summed E-state index contributed by atoms with van der Waals surface area (Å²) in [6, 6.07) is 26.4. The lowest BCUT2D eigenvalue weighted by molar-refractivity contribution is -0.138. The van der Waals surface area contributed by atoms with Gasteiger partial charge in [0.25, 0.3) is 0 Å². The fourth-order valence-electron chi connectivity index (χ4n) is 3.47. The first-order chi connectivity index (χ1) is 15.2. The van der Waals surface area contributed by atoms with Gasteiger partial charge < -0.3 is 14.4 Å². The number of carbonyl (C=O) groups is 2. The Morgan fingerprint density at radius 3 is 2.10 bits per heavy atom. The van der Waals surface area contributed by atoms with Crippen molar-refractivity contribution in [2.45, 2.75) is 6.42 Å². The fraction of sp³-hybridized carbons (Fsp3) is 0.154. The molecule has 5 heteroatoms.